The molecule has 0 spiro atoms. The molecule has 0 aliphatic rings. The van der Waals surface area contributed by atoms with Crippen LogP contribution in [0.4, 0.5) is 0 Å². The van der Waals surface area contributed by atoms with Gasteiger partial charge in [-0.05, 0) is 38.0 Å². The Morgan fingerprint density at radius 3 is 2.35 bits per heavy atom. The smallest absolute Gasteiger partial charge is 0.331 e. The summed E-state index contributed by atoms with van der Waals surface area (Å²) in [6, 6.07) is 7.31. The van der Waals surface area contributed by atoms with Crippen molar-refractivity contribution in [1.29, 1.82) is 0 Å². The summed E-state index contributed by atoms with van der Waals surface area (Å²) in [5.74, 6) is -0.358. The van der Waals surface area contributed by atoms with E-state index in [2.05, 4.69) is 0 Å². The van der Waals surface area contributed by atoms with E-state index in [1.54, 1.807) is 6.08 Å². The zero-order valence-corrected chi connectivity index (χ0v) is 10.4. The SMILES string of the molecule is CC(C)(C)OC(=O)/C=C/c1ccc(CO)cc1. The normalized spacial score (nSPS) is 11.8. The Kier molecular flexibility index (Phi) is 4.46. The van der Waals surface area contributed by atoms with Crippen molar-refractivity contribution in [2.75, 3.05) is 0 Å². The van der Waals surface area contributed by atoms with Gasteiger partial charge < -0.3 is 9.84 Å². The Morgan fingerprint density at radius 1 is 1.29 bits per heavy atom. The van der Waals surface area contributed by atoms with E-state index in [1.165, 1.54) is 6.08 Å². The third kappa shape index (κ3) is 5.31. The molecule has 92 valence electrons. The summed E-state index contributed by atoms with van der Waals surface area (Å²) in [5, 5.41) is 8.88. The molecule has 0 saturated carbocycles. The van der Waals surface area contributed by atoms with E-state index in [0.717, 1.165) is 11.1 Å². The van der Waals surface area contributed by atoms with Crippen LogP contribution >= 0.6 is 0 Å². The molecule has 3 nitrogen and oxygen atoms in total. The summed E-state index contributed by atoms with van der Waals surface area (Å²) < 4.78 is 5.14. The maximum Gasteiger partial charge on any atom is 0.331 e. The highest BCUT2D eigenvalue weighted by Crippen LogP contribution is 2.09. The van der Waals surface area contributed by atoms with Crippen LogP contribution in [0.3, 0.4) is 0 Å². The Balaban J connectivity index is 2.61. The van der Waals surface area contributed by atoms with Crippen molar-refractivity contribution in [3.63, 3.8) is 0 Å². The Morgan fingerprint density at radius 2 is 1.88 bits per heavy atom. The maximum atomic E-state index is 11.4. The molecule has 0 bridgehead atoms. The summed E-state index contributed by atoms with van der Waals surface area (Å²) >= 11 is 0. The number of rotatable bonds is 3. The molecular formula is C14H18O3. The molecule has 1 aromatic rings. The van der Waals surface area contributed by atoms with Crippen LogP contribution in [-0.2, 0) is 16.1 Å². The molecule has 0 amide bonds. The number of carbonyl (C=O) groups is 1. The van der Waals surface area contributed by atoms with Crippen LogP contribution in [0.25, 0.3) is 6.08 Å². The molecule has 0 aliphatic heterocycles. The molecule has 1 aromatic carbocycles. The summed E-state index contributed by atoms with van der Waals surface area (Å²) in [6.45, 7) is 5.51. The zero-order chi connectivity index (χ0) is 12.9. The van der Waals surface area contributed by atoms with Gasteiger partial charge in [0, 0.05) is 6.08 Å². The lowest BCUT2D eigenvalue weighted by Gasteiger charge is -2.17. The monoisotopic (exact) mass is 234 g/mol. The van der Waals surface area contributed by atoms with Crippen molar-refractivity contribution in [2.24, 2.45) is 0 Å². The number of carbonyl (C=O) groups excluding carboxylic acids is 1. The third-order valence-corrected chi connectivity index (χ3v) is 1.98. The fourth-order valence-electron chi connectivity index (χ4n) is 1.23. The summed E-state index contributed by atoms with van der Waals surface area (Å²) in [4.78, 5) is 11.4. The Bertz CT molecular complexity index is 396. The van der Waals surface area contributed by atoms with Gasteiger partial charge in [0.1, 0.15) is 5.60 Å². The first-order chi connectivity index (χ1) is 7.90. The average Bonchev–Trinajstić information content (AvgIpc) is 2.25. The first kappa shape index (κ1) is 13.5. The van der Waals surface area contributed by atoms with Gasteiger partial charge in [-0.3, -0.25) is 0 Å². The van der Waals surface area contributed by atoms with Gasteiger partial charge in [-0.1, -0.05) is 24.3 Å². The molecular weight excluding hydrogens is 216 g/mol. The van der Waals surface area contributed by atoms with Crippen molar-refractivity contribution in [3.05, 3.63) is 41.5 Å². The van der Waals surface area contributed by atoms with Crippen LogP contribution in [-0.4, -0.2) is 16.7 Å². The van der Waals surface area contributed by atoms with Gasteiger partial charge in [-0.25, -0.2) is 4.79 Å². The largest absolute Gasteiger partial charge is 0.457 e. The number of ether oxygens (including phenoxy) is 1. The number of aliphatic hydroxyl groups excluding tert-OH is 1. The highest BCUT2D eigenvalue weighted by molar-refractivity contribution is 5.87. The zero-order valence-electron chi connectivity index (χ0n) is 10.4. The first-order valence-corrected chi connectivity index (χ1v) is 5.51. The second-order valence-corrected chi connectivity index (χ2v) is 4.77. The van der Waals surface area contributed by atoms with E-state index in [4.69, 9.17) is 9.84 Å². The van der Waals surface area contributed by atoms with Gasteiger partial charge in [-0.2, -0.15) is 0 Å². The van der Waals surface area contributed by atoms with Crippen LogP contribution in [0.15, 0.2) is 30.3 Å². The standard InChI is InChI=1S/C14H18O3/c1-14(2,3)17-13(16)9-8-11-4-6-12(10-15)7-5-11/h4-9,15H,10H2,1-3H3/b9-8+. The highest BCUT2D eigenvalue weighted by atomic mass is 16.6. The lowest BCUT2D eigenvalue weighted by Crippen LogP contribution is -2.22. The predicted molar refractivity (Wildman–Crippen MR) is 67.2 cm³/mol. The van der Waals surface area contributed by atoms with Gasteiger partial charge in [0.05, 0.1) is 6.61 Å². The molecule has 17 heavy (non-hydrogen) atoms. The lowest BCUT2D eigenvalue weighted by molar-refractivity contribution is -0.148. The molecule has 0 aliphatic carbocycles. The highest BCUT2D eigenvalue weighted by Gasteiger charge is 2.13. The quantitative estimate of drug-likeness (QED) is 0.645. The number of hydrogen-bond acceptors (Lipinski definition) is 3. The molecule has 0 aromatic heterocycles. The predicted octanol–water partition coefficient (Wildman–Crippen LogP) is 2.53. The van der Waals surface area contributed by atoms with Gasteiger partial charge in [0.2, 0.25) is 0 Å². The number of esters is 1. The lowest BCUT2D eigenvalue weighted by atomic mass is 10.1. The molecule has 0 unspecified atom stereocenters. The Hall–Kier alpha value is -1.61. The van der Waals surface area contributed by atoms with E-state index in [-0.39, 0.29) is 12.6 Å². The van der Waals surface area contributed by atoms with Crippen molar-refractivity contribution in [1.82, 2.24) is 0 Å². The minimum Gasteiger partial charge on any atom is -0.457 e. The van der Waals surface area contributed by atoms with Crippen LogP contribution in [0.2, 0.25) is 0 Å². The molecule has 0 radical (unpaired) electrons. The molecule has 1 N–H and O–H groups in total. The minimum atomic E-state index is -0.470. The Labute approximate surface area is 102 Å². The molecule has 1 rings (SSSR count). The van der Waals surface area contributed by atoms with Crippen LogP contribution < -0.4 is 0 Å². The van der Waals surface area contributed by atoms with Crippen molar-refractivity contribution >= 4 is 12.0 Å². The second-order valence-electron chi connectivity index (χ2n) is 4.77. The van der Waals surface area contributed by atoms with Gasteiger partial charge in [0.15, 0.2) is 0 Å². The van der Waals surface area contributed by atoms with E-state index in [1.807, 2.05) is 45.0 Å². The number of hydrogen-bond donors (Lipinski definition) is 1. The molecule has 0 heterocycles. The fourth-order valence-corrected chi connectivity index (χ4v) is 1.23. The third-order valence-electron chi connectivity index (χ3n) is 1.98. The topological polar surface area (TPSA) is 46.5 Å². The summed E-state index contributed by atoms with van der Waals surface area (Å²) in [7, 11) is 0. The minimum absolute atomic E-state index is 0.0239. The molecule has 3 heteroatoms. The number of aliphatic hydroxyl groups is 1. The summed E-state index contributed by atoms with van der Waals surface area (Å²) in [6.07, 6.45) is 3.09. The van der Waals surface area contributed by atoms with Gasteiger partial charge in [0.25, 0.3) is 0 Å². The van der Waals surface area contributed by atoms with Crippen LogP contribution in [0.1, 0.15) is 31.9 Å². The maximum absolute atomic E-state index is 11.4. The number of benzene rings is 1. The van der Waals surface area contributed by atoms with Crippen LogP contribution in [0, 0.1) is 0 Å². The average molecular weight is 234 g/mol. The molecule has 0 saturated heterocycles. The van der Waals surface area contributed by atoms with E-state index in [9.17, 15) is 4.79 Å². The molecule has 0 atom stereocenters. The fraction of sp³-hybridized carbons (Fsp3) is 0.357. The summed E-state index contributed by atoms with van der Waals surface area (Å²) in [5.41, 5.74) is 1.27. The van der Waals surface area contributed by atoms with Crippen molar-refractivity contribution in [3.8, 4) is 0 Å². The van der Waals surface area contributed by atoms with Crippen molar-refractivity contribution in [2.45, 2.75) is 33.0 Å². The second kappa shape index (κ2) is 5.64. The van der Waals surface area contributed by atoms with Crippen molar-refractivity contribution < 1.29 is 14.6 Å². The first-order valence-electron chi connectivity index (χ1n) is 5.51. The van der Waals surface area contributed by atoms with E-state index < -0.39 is 5.60 Å². The van der Waals surface area contributed by atoms with E-state index >= 15 is 0 Å². The van der Waals surface area contributed by atoms with Crippen LogP contribution in [0.5, 0.6) is 0 Å². The van der Waals surface area contributed by atoms with E-state index in [0.29, 0.717) is 0 Å². The van der Waals surface area contributed by atoms with Gasteiger partial charge >= 0.3 is 5.97 Å². The van der Waals surface area contributed by atoms with Gasteiger partial charge in [-0.15, -0.1) is 0 Å². The molecule has 0 fully saturated rings.